The second-order valence-corrected chi connectivity index (χ2v) is 5.93. The van der Waals surface area contributed by atoms with E-state index in [0.29, 0.717) is 36.0 Å². The Balaban J connectivity index is 1.48. The molecule has 4 rings (SSSR count). The fourth-order valence-electron chi connectivity index (χ4n) is 2.64. The van der Waals surface area contributed by atoms with Crippen molar-refractivity contribution in [2.45, 2.75) is 13.0 Å². The molecule has 0 aliphatic rings. The van der Waals surface area contributed by atoms with Crippen molar-refractivity contribution in [1.82, 2.24) is 29.9 Å². The molecule has 0 unspecified atom stereocenters. The number of aromatic hydroxyl groups is 2. The van der Waals surface area contributed by atoms with Crippen LogP contribution in [0.25, 0.3) is 11.2 Å². The van der Waals surface area contributed by atoms with Crippen LogP contribution in [0.5, 0.6) is 11.5 Å². The summed E-state index contributed by atoms with van der Waals surface area (Å²) in [5.41, 5.74) is 3.06. The van der Waals surface area contributed by atoms with Crippen LogP contribution < -0.4 is 10.6 Å². The number of aromatic nitrogens is 6. The molecular weight excluding hydrogens is 348 g/mol. The molecule has 3 aromatic heterocycles. The summed E-state index contributed by atoms with van der Waals surface area (Å²) in [4.78, 5) is 23.2. The molecule has 0 radical (unpaired) electrons. The van der Waals surface area contributed by atoms with Gasteiger partial charge in [0.25, 0.3) is 0 Å². The SMILES string of the molecule is Oc1ccc(CNc2nc(NCCc3cnc[nH]3)nc3nc[nH]c23)cc1O. The van der Waals surface area contributed by atoms with Gasteiger partial charge in [0, 0.05) is 31.4 Å². The van der Waals surface area contributed by atoms with Gasteiger partial charge in [0.05, 0.1) is 12.7 Å². The number of H-pyrrole nitrogens is 2. The maximum atomic E-state index is 9.62. The summed E-state index contributed by atoms with van der Waals surface area (Å²) in [5, 5.41) is 25.4. The first-order valence-electron chi connectivity index (χ1n) is 8.36. The van der Waals surface area contributed by atoms with E-state index in [9.17, 15) is 10.2 Å². The zero-order valence-corrected chi connectivity index (χ0v) is 14.3. The fourth-order valence-corrected chi connectivity index (χ4v) is 2.64. The van der Waals surface area contributed by atoms with Crippen LogP contribution in [0.15, 0.2) is 37.1 Å². The van der Waals surface area contributed by atoms with E-state index in [1.807, 2.05) is 0 Å². The summed E-state index contributed by atoms with van der Waals surface area (Å²) < 4.78 is 0. The van der Waals surface area contributed by atoms with Crippen LogP contribution in [0, 0.1) is 0 Å². The number of fused-ring (bicyclic) bond motifs is 1. The van der Waals surface area contributed by atoms with Gasteiger partial charge < -0.3 is 30.8 Å². The summed E-state index contributed by atoms with van der Waals surface area (Å²) in [7, 11) is 0. The molecule has 1 aromatic carbocycles. The Morgan fingerprint density at radius 3 is 2.74 bits per heavy atom. The smallest absolute Gasteiger partial charge is 0.226 e. The number of benzene rings is 1. The predicted octanol–water partition coefficient (Wildman–Crippen LogP) is 1.75. The summed E-state index contributed by atoms with van der Waals surface area (Å²) in [6, 6.07) is 4.66. The van der Waals surface area contributed by atoms with E-state index in [2.05, 4.69) is 40.5 Å². The molecule has 0 amide bonds. The lowest BCUT2D eigenvalue weighted by atomic mass is 10.2. The number of phenols is 2. The quantitative estimate of drug-likeness (QED) is 0.271. The van der Waals surface area contributed by atoms with E-state index in [4.69, 9.17) is 0 Å². The van der Waals surface area contributed by atoms with Gasteiger partial charge in [-0.2, -0.15) is 9.97 Å². The van der Waals surface area contributed by atoms with Crippen molar-refractivity contribution in [3.63, 3.8) is 0 Å². The van der Waals surface area contributed by atoms with E-state index in [-0.39, 0.29) is 11.5 Å². The molecule has 0 saturated heterocycles. The highest BCUT2D eigenvalue weighted by Crippen LogP contribution is 2.26. The Kier molecular flexibility index (Phi) is 4.44. The number of rotatable bonds is 7. The van der Waals surface area contributed by atoms with Crippen molar-refractivity contribution in [3.05, 3.63) is 48.3 Å². The largest absolute Gasteiger partial charge is 0.504 e. The molecular formula is C17H18N8O2. The Morgan fingerprint density at radius 2 is 1.93 bits per heavy atom. The molecule has 0 fully saturated rings. The highest BCUT2D eigenvalue weighted by atomic mass is 16.3. The fraction of sp³-hybridized carbons (Fsp3) is 0.176. The summed E-state index contributed by atoms with van der Waals surface area (Å²) in [5.74, 6) is 0.740. The van der Waals surface area contributed by atoms with Gasteiger partial charge in [-0.05, 0) is 17.7 Å². The van der Waals surface area contributed by atoms with E-state index >= 15 is 0 Å². The average molecular weight is 366 g/mol. The van der Waals surface area contributed by atoms with E-state index in [1.54, 1.807) is 24.9 Å². The van der Waals surface area contributed by atoms with Gasteiger partial charge >= 0.3 is 0 Å². The first-order valence-corrected chi connectivity index (χ1v) is 8.36. The van der Waals surface area contributed by atoms with Gasteiger partial charge in [-0.15, -0.1) is 0 Å². The zero-order chi connectivity index (χ0) is 18.6. The monoisotopic (exact) mass is 366 g/mol. The lowest BCUT2D eigenvalue weighted by molar-refractivity contribution is 0.403. The lowest BCUT2D eigenvalue weighted by Crippen LogP contribution is -2.10. The molecule has 138 valence electrons. The van der Waals surface area contributed by atoms with Gasteiger partial charge in [0.1, 0.15) is 5.52 Å². The number of hydrogen-bond donors (Lipinski definition) is 6. The second-order valence-electron chi connectivity index (χ2n) is 5.93. The minimum absolute atomic E-state index is 0.152. The van der Waals surface area contributed by atoms with Crippen LogP contribution >= 0.6 is 0 Å². The third-order valence-electron chi connectivity index (χ3n) is 4.02. The van der Waals surface area contributed by atoms with Crippen LogP contribution in [-0.4, -0.2) is 46.7 Å². The van der Waals surface area contributed by atoms with Crippen molar-refractivity contribution < 1.29 is 10.2 Å². The number of phenolic OH excluding ortho intramolecular Hbond substituents is 2. The number of hydrogen-bond acceptors (Lipinski definition) is 8. The molecule has 10 heteroatoms. The van der Waals surface area contributed by atoms with Crippen molar-refractivity contribution in [3.8, 4) is 11.5 Å². The molecule has 4 aromatic rings. The van der Waals surface area contributed by atoms with Crippen molar-refractivity contribution in [2.24, 2.45) is 0 Å². The maximum absolute atomic E-state index is 9.62. The number of nitrogens with zero attached hydrogens (tertiary/aromatic N) is 4. The third-order valence-corrected chi connectivity index (χ3v) is 4.02. The molecule has 0 spiro atoms. The number of imidazole rings is 2. The summed E-state index contributed by atoms with van der Waals surface area (Å²) in [6.45, 7) is 1.05. The van der Waals surface area contributed by atoms with Crippen molar-refractivity contribution >= 4 is 22.9 Å². The van der Waals surface area contributed by atoms with Gasteiger partial charge in [-0.1, -0.05) is 6.07 Å². The topological polar surface area (TPSA) is 148 Å². The first-order chi connectivity index (χ1) is 13.2. The molecule has 6 N–H and O–H groups in total. The number of anilines is 2. The molecule has 0 atom stereocenters. The molecule has 0 bridgehead atoms. The number of aromatic amines is 2. The molecule has 3 heterocycles. The van der Waals surface area contributed by atoms with Crippen LogP contribution in [0.1, 0.15) is 11.3 Å². The maximum Gasteiger partial charge on any atom is 0.226 e. The predicted molar refractivity (Wildman–Crippen MR) is 99.6 cm³/mol. The van der Waals surface area contributed by atoms with Crippen LogP contribution in [-0.2, 0) is 13.0 Å². The normalized spacial score (nSPS) is 11.0. The van der Waals surface area contributed by atoms with Gasteiger partial charge in [0.2, 0.25) is 5.95 Å². The Bertz CT molecular complexity index is 1040. The molecule has 27 heavy (non-hydrogen) atoms. The van der Waals surface area contributed by atoms with Gasteiger partial charge in [0.15, 0.2) is 23.0 Å². The van der Waals surface area contributed by atoms with Gasteiger partial charge in [-0.25, -0.2) is 9.97 Å². The summed E-state index contributed by atoms with van der Waals surface area (Å²) >= 11 is 0. The molecule has 0 aliphatic carbocycles. The lowest BCUT2D eigenvalue weighted by Gasteiger charge is -2.10. The van der Waals surface area contributed by atoms with E-state index < -0.39 is 0 Å². The first kappa shape index (κ1) is 16.6. The Hall–Kier alpha value is -3.82. The summed E-state index contributed by atoms with van der Waals surface area (Å²) in [6.07, 6.45) is 5.74. The van der Waals surface area contributed by atoms with Crippen molar-refractivity contribution in [1.29, 1.82) is 0 Å². The third kappa shape index (κ3) is 3.73. The standard InChI is InChI=1S/C17H18N8O2/c26-12-2-1-10(5-13(12)27)6-20-15-14-16(23-9-22-14)25-17(24-15)19-4-3-11-7-18-8-21-11/h1-2,5,7-9,26-27H,3-4,6H2,(H,18,21)(H3,19,20,22,23,24,25). The molecule has 0 aliphatic heterocycles. The van der Waals surface area contributed by atoms with Crippen molar-refractivity contribution in [2.75, 3.05) is 17.2 Å². The second kappa shape index (κ2) is 7.20. The van der Waals surface area contributed by atoms with Gasteiger partial charge in [-0.3, -0.25) is 0 Å². The molecule has 0 saturated carbocycles. The minimum Gasteiger partial charge on any atom is -0.504 e. The van der Waals surface area contributed by atoms with Crippen LogP contribution in [0.3, 0.4) is 0 Å². The number of nitrogens with one attached hydrogen (secondary N) is 4. The Morgan fingerprint density at radius 1 is 1.00 bits per heavy atom. The highest BCUT2D eigenvalue weighted by Gasteiger charge is 2.10. The zero-order valence-electron chi connectivity index (χ0n) is 14.3. The average Bonchev–Trinajstić information content (AvgIpc) is 3.34. The minimum atomic E-state index is -0.162. The molecule has 10 nitrogen and oxygen atoms in total. The van der Waals surface area contributed by atoms with E-state index in [0.717, 1.165) is 17.7 Å². The van der Waals surface area contributed by atoms with Crippen LogP contribution in [0.4, 0.5) is 11.8 Å². The Labute approximate surface area is 153 Å². The van der Waals surface area contributed by atoms with Crippen LogP contribution in [0.2, 0.25) is 0 Å². The van der Waals surface area contributed by atoms with E-state index in [1.165, 1.54) is 12.1 Å². The highest BCUT2D eigenvalue weighted by molar-refractivity contribution is 5.83.